The normalized spacial score (nSPS) is 11.7. The molecule has 0 saturated carbocycles. The Labute approximate surface area is 127 Å². The summed E-state index contributed by atoms with van der Waals surface area (Å²) >= 11 is 0. The van der Waals surface area contributed by atoms with Crippen molar-refractivity contribution in [2.75, 3.05) is 11.3 Å². The van der Waals surface area contributed by atoms with Gasteiger partial charge in [-0.3, -0.25) is 4.72 Å². The Bertz CT molecular complexity index is 646. The maximum absolute atomic E-state index is 12.2. The van der Waals surface area contributed by atoms with Crippen LogP contribution in [0.1, 0.15) is 45.2 Å². The summed E-state index contributed by atoms with van der Waals surface area (Å²) in [4.78, 5) is 0. The van der Waals surface area contributed by atoms with Crippen LogP contribution in [0.5, 0.6) is 0 Å². The molecular weight excluding hydrogens is 286 g/mol. The highest BCUT2D eigenvalue weighted by atomic mass is 32.2. The summed E-state index contributed by atoms with van der Waals surface area (Å²) in [5.41, 5.74) is 2.32. The van der Waals surface area contributed by atoms with Crippen LogP contribution in [0.3, 0.4) is 0 Å². The molecule has 0 aliphatic carbocycles. The second kappa shape index (κ2) is 6.97. The standard InChI is InChI=1S/C16H23NO3S/c1-5-14-12-13(8-6-7-11-18)9-10-15(14)17-21(19,20)16(2,3)4/h9-10,12,17-18H,5,7,11H2,1-4H3. The summed E-state index contributed by atoms with van der Waals surface area (Å²) in [6.07, 6.45) is 1.14. The molecule has 1 aromatic rings. The van der Waals surface area contributed by atoms with Crippen molar-refractivity contribution in [1.82, 2.24) is 0 Å². The molecule has 2 N–H and O–H groups in total. The number of aliphatic hydroxyl groups excluding tert-OH is 1. The summed E-state index contributed by atoms with van der Waals surface area (Å²) in [5.74, 6) is 5.81. The topological polar surface area (TPSA) is 66.4 Å². The van der Waals surface area contributed by atoms with Gasteiger partial charge in [0.05, 0.1) is 17.0 Å². The van der Waals surface area contributed by atoms with Crippen molar-refractivity contribution in [1.29, 1.82) is 0 Å². The van der Waals surface area contributed by atoms with Gasteiger partial charge in [0, 0.05) is 12.0 Å². The number of hydrogen-bond donors (Lipinski definition) is 2. The van der Waals surface area contributed by atoms with Crippen molar-refractivity contribution in [2.45, 2.75) is 45.3 Å². The highest BCUT2D eigenvalue weighted by molar-refractivity contribution is 7.94. The molecule has 0 bridgehead atoms. The van der Waals surface area contributed by atoms with Crippen molar-refractivity contribution in [2.24, 2.45) is 0 Å². The monoisotopic (exact) mass is 309 g/mol. The first-order chi connectivity index (χ1) is 9.71. The van der Waals surface area contributed by atoms with E-state index in [0.717, 1.165) is 11.1 Å². The number of anilines is 1. The van der Waals surface area contributed by atoms with E-state index in [-0.39, 0.29) is 6.61 Å². The summed E-state index contributed by atoms with van der Waals surface area (Å²) in [6.45, 7) is 6.99. The lowest BCUT2D eigenvalue weighted by molar-refractivity contribution is 0.305. The van der Waals surface area contributed by atoms with Crippen molar-refractivity contribution in [3.05, 3.63) is 29.3 Å². The zero-order valence-electron chi connectivity index (χ0n) is 13.0. The number of aliphatic hydroxyl groups is 1. The smallest absolute Gasteiger partial charge is 0.237 e. The van der Waals surface area contributed by atoms with Crippen LogP contribution in [0.15, 0.2) is 18.2 Å². The van der Waals surface area contributed by atoms with E-state index in [9.17, 15) is 8.42 Å². The lowest BCUT2D eigenvalue weighted by atomic mass is 10.1. The maximum Gasteiger partial charge on any atom is 0.237 e. The minimum absolute atomic E-state index is 0.0388. The van der Waals surface area contributed by atoms with Crippen LogP contribution in [-0.4, -0.2) is 24.9 Å². The number of rotatable bonds is 4. The largest absolute Gasteiger partial charge is 0.395 e. The summed E-state index contributed by atoms with van der Waals surface area (Å²) < 4.78 is 26.2. The lowest BCUT2D eigenvalue weighted by Gasteiger charge is -2.21. The van der Waals surface area contributed by atoms with E-state index in [1.54, 1.807) is 32.9 Å². The predicted octanol–water partition coefficient (Wildman–Crippen LogP) is 2.52. The number of sulfonamides is 1. The van der Waals surface area contributed by atoms with E-state index in [4.69, 9.17) is 5.11 Å². The van der Waals surface area contributed by atoms with Crippen LogP contribution in [0.25, 0.3) is 0 Å². The quantitative estimate of drug-likeness (QED) is 0.840. The molecule has 0 unspecified atom stereocenters. The molecule has 0 aromatic heterocycles. The zero-order chi connectivity index (χ0) is 16.1. The number of aryl methyl sites for hydroxylation is 1. The fraction of sp³-hybridized carbons (Fsp3) is 0.500. The highest BCUT2D eigenvalue weighted by Crippen LogP contribution is 2.23. The van der Waals surface area contributed by atoms with Crippen molar-refractivity contribution < 1.29 is 13.5 Å². The van der Waals surface area contributed by atoms with Gasteiger partial charge in [-0.15, -0.1) is 0 Å². The second-order valence-electron chi connectivity index (χ2n) is 5.72. The van der Waals surface area contributed by atoms with Gasteiger partial charge in [-0.05, 0) is 51.0 Å². The summed E-state index contributed by atoms with van der Waals surface area (Å²) in [6, 6.07) is 5.40. The molecule has 1 rings (SSSR count). The minimum Gasteiger partial charge on any atom is -0.395 e. The van der Waals surface area contributed by atoms with E-state index in [1.807, 2.05) is 13.0 Å². The third-order valence-corrected chi connectivity index (χ3v) is 5.11. The summed E-state index contributed by atoms with van der Waals surface area (Å²) in [7, 11) is -3.44. The van der Waals surface area contributed by atoms with Crippen LogP contribution >= 0.6 is 0 Å². The van der Waals surface area contributed by atoms with Gasteiger partial charge in [0.1, 0.15) is 0 Å². The Hall–Kier alpha value is -1.51. The van der Waals surface area contributed by atoms with Crippen molar-refractivity contribution >= 4 is 15.7 Å². The molecule has 0 aliphatic heterocycles. The third kappa shape index (κ3) is 4.76. The van der Waals surface area contributed by atoms with Crippen LogP contribution in [0.2, 0.25) is 0 Å². The maximum atomic E-state index is 12.2. The first-order valence-electron chi connectivity index (χ1n) is 6.96. The van der Waals surface area contributed by atoms with Gasteiger partial charge in [0.2, 0.25) is 10.0 Å². The molecule has 21 heavy (non-hydrogen) atoms. The SMILES string of the molecule is CCc1cc(C#CCCO)ccc1NS(=O)(=O)C(C)(C)C. The molecule has 0 atom stereocenters. The first-order valence-corrected chi connectivity index (χ1v) is 8.44. The van der Waals surface area contributed by atoms with E-state index in [1.165, 1.54) is 0 Å². The minimum atomic E-state index is -3.44. The van der Waals surface area contributed by atoms with Gasteiger partial charge in [-0.25, -0.2) is 8.42 Å². The molecule has 4 nitrogen and oxygen atoms in total. The molecule has 0 aliphatic rings. The first kappa shape index (κ1) is 17.5. The fourth-order valence-corrected chi connectivity index (χ4v) is 2.38. The predicted molar refractivity (Wildman–Crippen MR) is 86.7 cm³/mol. The van der Waals surface area contributed by atoms with E-state index < -0.39 is 14.8 Å². The third-order valence-electron chi connectivity index (χ3n) is 3.01. The van der Waals surface area contributed by atoms with Gasteiger partial charge in [0.25, 0.3) is 0 Å². The Kier molecular flexibility index (Phi) is 5.82. The molecule has 0 fully saturated rings. The number of nitrogens with one attached hydrogen (secondary N) is 1. The average Bonchev–Trinajstić information content (AvgIpc) is 2.39. The van der Waals surface area contributed by atoms with Crippen molar-refractivity contribution in [3.8, 4) is 11.8 Å². The number of benzene rings is 1. The van der Waals surface area contributed by atoms with Crippen LogP contribution in [0, 0.1) is 11.8 Å². The molecule has 0 radical (unpaired) electrons. The van der Waals surface area contributed by atoms with Gasteiger partial charge in [0.15, 0.2) is 0 Å². The number of hydrogen-bond acceptors (Lipinski definition) is 3. The molecule has 116 valence electrons. The molecule has 5 heteroatoms. The van der Waals surface area contributed by atoms with Crippen LogP contribution in [-0.2, 0) is 16.4 Å². The van der Waals surface area contributed by atoms with Gasteiger partial charge in [-0.1, -0.05) is 18.8 Å². The zero-order valence-corrected chi connectivity index (χ0v) is 13.8. The molecular formula is C16H23NO3S. The average molecular weight is 309 g/mol. The molecule has 0 amide bonds. The van der Waals surface area contributed by atoms with Gasteiger partial charge >= 0.3 is 0 Å². The van der Waals surface area contributed by atoms with Gasteiger partial charge in [-0.2, -0.15) is 0 Å². The Morgan fingerprint density at radius 2 is 1.95 bits per heavy atom. The molecule has 0 heterocycles. The highest BCUT2D eigenvalue weighted by Gasteiger charge is 2.29. The van der Waals surface area contributed by atoms with Crippen molar-refractivity contribution in [3.63, 3.8) is 0 Å². The van der Waals surface area contributed by atoms with Crippen LogP contribution < -0.4 is 4.72 Å². The summed E-state index contributed by atoms with van der Waals surface area (Å²) in [5, 5.41) is 8.71. The van der Waals surface area contributed by atoms with E-state index in [0.29, 0.717) is 18.5 Å². The molecule has 0 spiro atoms. The lowest BCUT2D eigenvalue weighted by Crippen LogP contribution is -2.34. The molecule has 0 saturated heterocycles. The second-order valence-corrected chi connectivity index (χ2v) is 8.15. The molecule has 1 aromatic carbocycles. The fourth-order valence-electron chi connectivity index (χ4n) is 1.58. The Balaban J connectivity index is 3.09. The van der Waals surface area contributed by atoms with E-state index in [2.05, 4.69) is 16.6 Å². The Morgan fingerprint density at radius 3 is 2.48 bits per heavy atom. The van der Waals surface area contributed by atoms with Crippen LogP contribution in [0.4, 0.5) is 5.69 Å². The Morgan fingerprint density at radius 1 is 1.29 bits per heavy atom. The van der Waals surface area contributed by atoms with E-state index >= 15 is 0 Å². The van der Waals surface area contributed by atoms with Gasteiger partial charge < -0.3 is 5.11 Å².